The van der Waals surface area contributed by atoms with Gasteiger partial charge in [0, 0.05) is 23.5 Å². The molecule has 7 atom stereocenters. The quantitative estimate of drug-likeness (QED) is 0.395. The third-order valence-corrected chi connectivity index (χ3v) is 9.74. The van der Waals surface area contributed by atoms with Crippen molar-refractivity contribution >= 4 is 40.9 Å². The fourth-order valence-electron chi connectivity index (χ4n) is 5.20. The number of rotatable bonds is 4. The molecule has 0 spiro atoms. The highest BCUT2D eigenvalue weighted by atomic mass is 32.2. The molecular weight excluding hydrogens is 510 g/mol. The zero-order valence-corrected chi connectivity index (χ0v) is 24.8. The monoisotopic (exact) mass is 553 g/mol. The fourth-order valence-corrected chi connectivity index (χ4v) is 6.67. The van der Waals surface area contributed by atoms with Gasteiger partial charge in [-0.25, -0.2) is 4.98 Å². The first kappa shape index (κ1) is 30.3. The summed E-state index contributed by atoms with van der Waals surface area (Å²) < 4.78 is 12.0. The van der Waals surface area contributed by atoms with Crippen molar-refractivity contribution in [3.8, 4) is 0 Å². The maximum Gasteiger partial charge on any atom is 0.309 e. The highest BCUT2D eigenvalue weighted by Crippen LogP contribution is 2.45. The average Bonchev–Trinajstić information content (AvgIpc) is 3.24. The van der Waals surface area contributed by atoms with Gasteiger partial charge in [0.05, 0.1) is 41.4 Å². The molecule has 37 heavy (non-hydrogen) atoms. The normalized spacial score (nSPS) is 36.1. The lowest BCUT2D eigenvalue weighted by Gasteiger charge is -2.34. The maximum atomic E-state index is 13.3. The molecular formula is C28H43NO6S2. The van der Waals surface area contributed by atoms with Crippen LogP contribution in [0.3, 0.4) is 0 Å². The fraction of sp³-hybridized carbons (Fsp3) is 0.750. The standard InChI is InChI=1S/C28H43NO6S2/c1-16-9-8-10-28(6)22(35-28)12-20(17(2)11-19-14-37-23(29-19)15-36-7)34-24(31)13-21(30)27(4,5)26(33)18(3)25(16)32/h11,14,16,18,20-22,25,30,32H,8-10,12-13,15H2,1-7H3/b17-11+/t16-,18+,20-,21-,22-,25-,28+/m0/s1. The van der Waals surface area contributed by atoms with Crippen LogP contribution in [0.1, 0.15) is 84.3 Å². The van der Waals surface area contributed by atoms with E-state index in [9.17, 15) is 19.8 Å². The Kier molecular flexibility index (Phi) is 10.1. The number of cyclic esters (lactones) is 1. The predicted octanol–water partition coefficient (Wildman–Crippen LogP) is 5.03. The third-order valence-electron chi connectivity index (χ3n) is 8.13. The van der Waals surface area contributed by atoms with Crippen molar-refractivity contribution in [1.82, 2.24) is 4.98 Å². The van der Waals surface area contributed by atoms with Crippen molar-refractivity contribution in [2.75, 3.05) is 6.26 Å². The van der Waals surface area contributed by atoms with E-state index in [0.29, 0.717) is 6.42 Å². The lowest BCUT2D eigenvalue weighted by molar-refractivity contribution is -0.154. The van der Waals surface area contributed by atoms with Crippen LogP contribution in [0.25, 0.3) is 6.08 Å². The van der Waals surface area contributed by atoms with Crippen molar-refractivity contribution < 1.29 is 29.3 Å². The van der Waals surface area contributed by atoms with E-state index in [1.807, 2.05) is 31.6 Å². The Labute approximate surface area is 229 Å². The predicted molar refractivity (Wildman–Crippen MR) is 148 cm³/mol. The van der Waals surface area contributed by atoms with Crippen molar-refractivity contribution in [2.24, 2.45) is 17.3 Å². The molecule has 0 bridgehead atoms. The summed E-state index contributed by atoms with van der Waals surface area (Å²) in [4.78, 5) is 30.9. The number of thioether (sulfide) groups is 1. The molecule has 9 heteroatoms. The summed E-state index contributed by atoms with van der Waals surface area (Å²) in [6.07, 6.45) is 4.03. The van der Waals surface area contributed by atoms with Crippen molar-refractivity contribution in [1.29, 1.82) is 0 Å². The van der Waals surface area contributed by atoms with E-state index in [-0.39, 0.29) is 29.8 Å². The first-order valence-corrected chi connectivity index (χ1v) is 15.4. The number of Topliss-reactive ketones (excluding diaryl/α,β-unsaturated/α-hetero) is 1. The molecule has 1 aromatic heterocycles. The molecule has 1 aromatic rings. The smallest absolute Gasteiger partial charge is 0.309 e. The molecule has 7 nitrogen and oxygen atoms in total. The number of epoxide rings is 1. The van der Waals surface area contributed by atoms with Crippen LogP contribution in [0.5, 0.6) is 0 Å². The van der Waals surface area contributed by atoms with Crippen molar-refractivity contribution in [2.45, 2.75) is 109 Å². The van der Waals surface area contributed by atoms with E-state index in [1.54, 1.807) is 43.9 Å². The summed E-state index contributed by atoms with van der Waals surface area (Å²) in [5.74, 6) is -0.698. The van der Waals surface area contributed by atoms with Crippen LogP contribution in [-0.2, 0) is 24.8 Å². The first-order valence-electron chi connectivity index (χ1n) is 13.2. The van der Waals surface area contributed by atoms with E-state index in [2.05, 4.69) is 11.9 Å². The zero-order chi connectivity index (χ0) is 27.5. The summed E-state index contributed by atoms with van der Waals surface area (Å²) in [6, 6.07) is 0. The number of hydrogen-bond donors (Lipinski definition) is 2. The number of ketones is 1. The van der Waals surface area contributed by atoms with Gasteiger partial charge in [0.2, 0.25) is 0 Å². The van der Waals surface area contributed by atoms with E-state index >= 15 is 0 Å². The van der Waals surface area contributed by atoms with Crippen LogP contribution in [0.2, 0.25) is 0 Å². The van der Waals surface area contributed by atoms with Gasteiger partial charge in [-0.1, -0.05) is 34.1 Å². The maximum absolute atomic E-state index is 13.3. The molecule has 208 valence electrons. The second kappa shape index (κ2) is 12.3. The van der Waals surface area contributed by atoms with E-state index in [1.165, 1.54) is 0 Å². The molecule has 3 rings (SSSR count). The van der Waals surface area contributed by atoms with E-state index < -0.39 is 35.6 Å². The Bertz CT molecular complexity index is 991. The molecule has 0 unspecified atom stereocenters. The molecule has 0 aliphatic carbocycles. The molecule has 0 saturated carbocycles. The highest BCUT2D eigenvalue weighted by molar-refractivity contribution is 7.97. The van der Waals surface area contributed by atoms with Crippen molar-refractivity contribution in [3.05, 3.63) is 21.7 Å². The minimum absolute atomic E-state index is 0.0499. The van der Waals surface area contributed by atoms with Crippen LogP contribution >= 0.6 is 23.1 Å². The SMILES string of the molecule is CSCc1nc(/C=C(\C)[C@@H]2C[C@@H]3O[C@]3(C)CCC[C@H](C)[C@H](O)[C@@H](C)C(=O)C(C)(C)[C@@H](O)CC(=O)O2)cs1. The minimum Gasteiger partial charge on any atom is -0.458 e. The number of nitrogens with zero attached hydrogens (tertiary/aromatic N) is 1. The molecule has 2 N–H and O–H groups in total. The lowest BCUT2D eigenvalue weighted by Crippen LogP contribution is -2.45. The summed E-state index contributed by atoms with van der Waals surface area (Å²) in [6.45, 7) is 10.9. The van der Waals surface area contributed by atoms with E-state index in [4.69, 9.17) is 9.47 Å². The zero-order valence-electron chi connectivity index (χ0n) is 23.2. The van der Waals surface area contributed by atoms with Crippen LogP contribution in [0.4, 0.5) is 0 Å². The molecule has 2 aliphatic rings. The Morgan fingerprint density at radius 1 is 1.27 bits per heavy atom. The first-order chi connectivity index (χ1) is 17.3. The summed E-state index contributed by atoms with van der Waals surface area (Å²) in [5.41, 5.74) is 0.191. The molecule has 0 aromatic carbocycles. The minimum atomic E-state index is -1.23. The van der Waals surface area contributed by atoms with Crippen molar-refractivity contribution in [3.63, 3.8) is 0 Å². The Morgan fingerprint density at radius 2 is 1.97 bits per heavy atom. The number of carbonyl (C=O) groups excluding carboxylic acids is 2. The molecule has 3 heterocycles. The number of carbonyl (C=O) groups is 2. The molecule has 2 aliphatic heterocycles. The van der Waals surface area contributed by atoms with Crippen LogP contribution in [0, 0.1) is 17.3 Å². The second-order valence-electron chi connectivity index (χ2n) is 11.6. The van der Waals surface area contributed by atoms with Gasteiger partial charge >= 0.3 is 5.97 Å². The van der Waals surface area contributed by atoms with Gasteiger partial charge in [-0.15, -0.1) is 11.3 Å². The molecule has 0 radical (unpaired) electrons. The number of aliphatic hydroxyl groups is 2. The molecule has 0 amide bonds. The topological polar surface area (TPSA) is 109 Å². The summed E-state index contributed by atoms with van der Waals surface area (Å²) in [5, 5.41) is 24.8. The van der Waals surface area contributed by atoms with Gasteiger partial charge in [-0.05, 0) is 50.5 Å². The molecule has 2 saturated heterocycles. The Morgan fingerprint density at radius 3 is 2.65 bits per heavy atom. The number of aromatic nitrogens is 1. The number of esters is 1. The number of fused-ring (bicyclic) bond motifs is 1. The third kappa shape index (κ3) is 7.44. The number of aliphatic hydroxyl groups excluding tert-OH is 2. The average molecular weight is 554 g/mol. The van der Waals surface area contributed by atoms with Gasteiger partial charge in [0.25, 0.3) is 0 Å². The lowest BCUT2D eigenvalue weighted by atomic mass is 9.73. The summed E-state index contributed by atoms with van der Waals surface area (Å²) >= 11 is 3.33. The Hall–Kier alpha value is -1.26. The number of hydrogen-bond acceptors (Lipinski definition) is 9. The largest absolute Gasteiger partial charge is 0.458 e. The van der Waals surface area contributed by atoms with Gasteiger partial charge in [0.15, 0.2) is 0 Å². The van der Waals surface area contributed by atoms with E-state index in [0.717, 1.165) is 41.3 Å². The number of thiazole rings is 1. The van der Waals surface area contributed by atoms with Gasteiger partial charge in [-0.3, -0.25) is 9.59 Å². The number of ether oxygens (including phenoxy) is 2. The molecule has 2 fully saturated rings. The highest BCUT2D eigenvalue weighted by Gasteiger charge is 2.53. The Balaban J connectivity index is 1.84. The van der Waals surface area contributed by atoms with Gasteiger partial charge in [-0.2, -0.15) is 11.8 Å². The van der Waals surface area contributed by atoms with Crippen LogP contribution in [-0.4, -0.2) is 63.2 Å². The van der Waals surface area contributed by atoms with Crippen LogP contribution < -0.4 is 0 Å². The van der Waals surface area contributed by atoms with Gasteiger partial charge in [0.1, 0.15) is 16.9 Å². The summed E-state index contributed by atoms with van der Waals surface area (Å²) in [7, 11) is 0. The second-order valence-corrected chi connectivity index (χ2v) is 13.4. The van der Waals surface area contributed by atoms with Gasteiger partial charge < -0.3 is 19.7 Å². The van der Waals surface area contributed by atoms with Crippen LogP contribution in [0.15, 0.2) is 11.0 Å².